The van der Waals surface area contributed by atoms with E-state index in [4.69, 9.17) is 14.9 Å². The average Bonchev–Trinajstić information content (AvgIpc) is 2.86. The molecule has 0 bridgehead atoms. The number of hydrogen-bond donors (Lipinski definition) is 1. The van der Waals surface area contributed by atoms with E-state index in [9.17, 15) is 4.79 Å². The summed E-state index contributed by atoms with van der Waals surface area (Å²) in [4.78, 5) is 11.5. The Bertz CT molecular complexity index is 531. The van der Waals surface area contributed by atoms with Gasteiger partial charge in [0.15, 0.2) is 0 Å². The number of aromatic nitrogens is 1. The minimum atomic E-state index is -0.0461. The zero-order valence-corrected chi connectivity index (χ0v) is 10.0. The van der Waals surface area contributed by atoms with Crippen molar-refractivity contribution in [3.8, 4) is 0 Å². The third-order valence-electron chi connectivity index (χ3n) is 2.52. The molecule has 0 aliphatic heterocycles. The molecule has 0 aromatic carbocycles. The average molecular weight is 248 g/mol. The molecule has 0 saturated heterocycles. The lowest BCUT2D eigenvalue weighted by molar-refractivity contribution is 0.101. The highest BCUT2D eigenvalue weighted by Gasteiger charge is 1.98. The van der Waals surface area contributed by atoms with Crippen LogP contribution in [-0.2, 0) is 17.9 Å². The van der Waals surface area contributed by atoms with Crippen molar-refractivity contribution in [1.82, 2.24) is 4.57 Å². The Morgan fingerprint density at radius 2 is 2.22 bits per heavy atom. The van der Waals surface area contributed by atoms with Crippen molar-refractivity contribution in [2.75, 3.05) is 12.3 Å². The molecule has 0 atom stereocenters. The number of nitrogens with two attached hydrogens (primary N) is 1. The Morgan fingerprint density at radius 3 is 3.00 bits per heavy atom. The number of furan rings is 1. The molecule has 0 unspecified atom stereocenters. The Labute approximate surface area is 105 Å². The van der Waals surface area contributed by atoms with E-state index >= 15 is 0 Å². The van der Waals surface area contributed by atoms with E-state index in [-0.39, 0.29) is 5.56 Å². The number of pyridine rings is 1. The summed E-state index contributed by atoms with van der Waals surface area (Å²) in [6.45, 7) is 1.63. The van der Waals surface area contributed by atoms with Crippen LogP contribution in [0, 0.1) is 0 Å². The molecule has 0 amide bonds. The molecule has 2 heterocycles. The van der Waals surface area contributed by atoms with Gasteiger partial charge in [-0.05, 0) is 24.6 Å². The minimum absolute atomic E-state index is 0.0461. The Hall–Kier alpha value is -2.01. The molecule has 2 N–H and O–H groups in total. The standard InChI is InChI=1S/C13H16N2O3/c14-11-4-5-13(16)15(9-11)6-2-7-17-10-12-3-1-8-18-12/h1,3-5,8-9H,2,6-7,10,14H2. The molecular weight excluding hydrogens is 232 g/mol. The Balaban J connectivity index is 1.72. The van der Waals surface area contributed by atoms with Crippen molar-refractivity contribution in [1.29, 1.82) is 0 Å². The maximum absolute atomic E-state index is 11.5. The lowest BCUT2D eigenvalue weighted by atomic mass is 10.4. The predicted octanol–water partition coefficient (Wildman–Crippen LogP) is 1.63. The summed E-state index contributed by atoms with van der Waals surface area (Å²) in [5, 5.41) is 0. The molecule has 5 heteroatoms. The summed E-state index contributed by atoms with van der Waals surface area (Å²) < 4.78 is 12.2. The number of hydrogen-bond acceptors (Lipinski definition) is 4. The molecule has 0 fully saturated rings. The fourth-order valence-corrected chi connectivity index (χ4v) is 1.63. The first-order valence-electron chi connectivity index (χ1n) is 5.82. The van der Waals surface area contributed by atoms with Gasteiger partial charge in [-0.1, -0.05) is 0 Å². The second-order valence-corrected chi connectivity index (χ2v) is 3.98. The molecule has 0 radical (unpaired) electrons. The molecule has 96 valence electrons. The number of nitrogen functional groups attached to an aromatic ring is 1. The molecule has 5 nitrogen and oxygen atoms in total. The third-order valence-corrected chi connectivity index (χ3v) is 2.52. The van der Waals surface area contributed by atoms with Crippen LogP contribution in [0.25, 0.3) is 0 Å². The quantitative estimate of drug-likeness (QED) is 0.789. The summed E-state index contributed by atoms with van der Waals surface area (Å²) in [6.07, 6.45) is 4.02. The highest BCUT2D eigenvalue weighted by molar-refractivity contribution is 5.33. The van der Waals surface area contributed by atoms with Crippen LogP contribution in [0.4, 0.5) is 5.69 Å². The van der Waals surface area contributed by atoms with E-state index in [1.54, 1.807) is 23.1 Å². The second kappa shape index (κ2) is 6.07. The zero-order valence-electron chi connectivity index (χ0n) is 10.0. The van der Waals surface area contributed by atoms with Gasteiger partial charge in [0, 0.05) is 31.1 Å². The highest BCUT2D eigenvalue weighted by Crippen LogP contribution is 2.02. The van der Waals surface area contributed by atoms with E-state index in [1.807, 2.05) is 12.1 Å². The number of anilines is 1. The van der Waals surface area contributed by atoms with Crippen LogP contribution in [0.5, 0.6) is 0 Å². The van der Waals surface area contributed by atoms with Crippen molar-refractivity contribution < 1.29 is 9.15 Å². The van der Waals surface area contributed by atoms with Gasteiger partial charge in [-0.2, -0.15) is 0 Å². The van der Waals surface area contributed by atoms with E-state index in [1.165, 1.54) is 6.07 Å². The Kier molecular flexibility index (Phi) is 4.20. The van der Waals surface area contributed by atoms with Crippen molar-refractivity contribution in [3.05, 3.63) is 52.8 Å². The van der Waals surface area contributed by atoms with E-state index < -0.39 is 0 Å². The lowest BCUT2D eigenvalue weighted by Crippen LogP contribution is -2.19. The van der Waals surface area contributed by atoms with Gasteiger partial charge in [0.25, 0.3) is 5.56 Å². The normalized spacial score (nSPS) is 10.7. The largest absolute Gasteiger partial charge is 0.467 e. The van der Waals surface area contributed by atoms with Crippen LogP contribution in [0.1, 0.15) is 12.2 Å². The van der Waals surface area contributed by atoms with Crippen molar-refractivity contribution >= 4 is 5.69 Å². The third kappa shape index (κ3) is 3.49. The van der Waals surface area contributed by atoms with Gasteiger partial charge in [-0.25, -0.2) is 0 Å². The van der Waals surface area contributed by atoms with Crippen molar-refractivity contribution in [2.45, 2.75) is 19.6 Å². The maximum Gasteiger partial charge on any atom is 0.250 e. The van der Waals surface area contributed by atoms with Crippen LogP contribution >= 0.6 is 0 Å². The van der Waals surface area contributed by atoms with Gasteiger partial charge in [-0.3, -0.25) is 4.79 Å². The predicted molar refractivity (Wildman–Crippen MR) is 68.1 cm³/mol. The zero-order chi connectivity index (χ0) is 12.8. The molecule has 0 saturated carbocycles. The molecule has 0 aliphatic rings. The van der Waals surface area contributed by atoms with E-state index in [2.05, 4.69) is 0 Å². The van der Waals surface area contributed by atoms with Gasteiger partial charge in [0.2, 0.25) is 0 Å². The van der Waals surface area contributed by atoms with E-state index in [0.29, 0.717) is 25.4 Å². The van der Waals surface area contributed by atoms with Crippen LogP contribution < -0.4 is 11.3 Å². The number of rotatable bonds is 6. The number of aryl methyl sites for hydroxylation is 1. The summed E-state index contributed by atoms with van der Waals surface area (Å²) in [5.74, 6) is 0.802. The molecule has 0 spiro atoms. The van der Waals surface area contributed by atoms with Crippen LogP contribution in [-0.4, -0.2) is 11.2 Å². The van der Waals surface area contributed by atoms with Gasteiger partial charge >= 0.3 is 0 Å². The van der Waals surface area contributed by atoms with Crippen LogP contribution in [0.2, 0.25) is 0 Å². The molecule has 2 aromatic heterocycles. The molecular formula is C13H16N2O3. The van der Waals surface area contributed by atoms with Crippen molar-refractivity contribution in [3.63, 3.8) is 0 Å². The summed E-state index contributed by atoms with van der Waals surface area (Å²) >= 11 is 0. The molecule has 18 heavy (non-hydrogen) atoms. The fraction of sp³-hybridized carbons (Fsp3) is 0.308. The first kappa shape index (κ1) is 12.4. The van der Waals surface area contributed by atoms with E-state index in [0.717, 1.165) is 12.2 Å². The van der Waals surface area contributed by atoms with Crippen LogP contribution in [0.15, 0.2) is 45.9 Å². The van der Waals surface area contributed by atoms with Crippen molar-refractivity contribution in [2.24, 2.45) is 0 Å². The SMILES string of the molecule is Nc1ccc(=O)n(CCCOCc2ccco2)c1. The van der Waals surface area contributed by atoms with Gasteiger partial charge in [-0.15, -0.1) is 0 Å². The maximum atomic E-state index is 11.5. The number of nitrogens with zero attached hydrogens (tertiary/aromatic N) is 1. The fourth-order valence-electron chi connectivity index (χ4n) is 1.63. The molecule has 0 aliphatic carbocycles. The number of ether oxygens (including phenoxy) is 1. The summed E-state index contributed by atoms with van der Waals surface area (Å²) in [6, 6.07) is 6.76. The minimum Gasteiger partial charge on any atom is -0.467 e. The first-order chi connectivity index (χ1) is 8.75. The molecule has 2 aromatic rings. The monoisotopic (exact) mass is 248 g/mol. The first-order valence-corrected chi connectivity index (χ1v) is 5.82. The lowest BCUT2D eigenvalue weighted by Gasteiger charge is -2.06. The molecule has 2 rings (SSSR count). The summed E-state index contributed by atoms with van der Waals surface area (Å²) in [7, 11) is 0. The smallest absolute Gasteiger partial charge is 0.250 e. The van der Waals surface area contributed by atoms with Gasteiger partial charge in [0.1, 0.15) is 12.4 Å². The van der Waals surface area contributed by atoms with Gasteiger partial charge in [0.05, 0.1) is 6.26 Å². The highest BCUT2D eigenvalue weighted by atomic mass is 16.5. The van der Waals surface area contributed by atoms with Gasteiger partial charge < -0.3 is 19.5 Å². The second-order valence-electron chi connectivity index (χ2n) is 3.98. The van der Waals surface area contributed by atoms with Crippen LogP contribution in [0.3, 0.4) is 0 Å². The topological polar surface area (TPSA) is 70.4 Å². The summed E-state index contributed by atoms with van der Waals surface area (Å²) in [5.41, 5.74) is 6.16. The Morgan fingerprint density at radius 1 is 1.33 bits per heavy atom.